The van der Waals surface area contributed by atoms with Crippen molar-refractivity contribution in [3.05, 3.63) is 39.9 Å². The van der Waals surface area contributed by atoms with Gasteiger partial charge in [-0.05, 0) is 54.4 Å². The van der Waals surface area contributed by atoms with Gasteiger partial charge in [0.1, 0.15) is 0 Å². The van der Waals surface area contributed by atoms with Crippen LogP contribution in [0.1, 0.15) is 50.2 Å². The van der Waals surface area contributed by atoms with Crippen molar-refractivity contribution in [1.29, 1.82) is 0 Å². The maximum Gasteiger partial charge on any atom is 0.0739 e. The lowest BCUT2D eigenvalue weighted by atomic mass is 10.1. The molecule has 0 saturated carbocycles. The SMILES string of the molecule is CCNC(CC)c1ccn(Cc2c(Br)c(C)nn2CC)c1. The molecule has 0 radical (unpaired) electrons. The van der Waals surface area contributed by atoms with Gasteiger partial charge in [-0.15, -0.1) is 0 Å². The van der Waals surface area contributed by atoms with E-state index in [0.717, 1.165) is 36.2 Å². The van der Waals surface area contributed by atoms with Crippen LogP contribution in [0.25, 0.3) is 0 Å². The van der Waals surface area contributed by atoms with Gasteiger partial charge in [0.15, 0.2) is 0 Å². The van der Waals surface area contributed by atoms with Gasteiger partial charge in [-0.1, -0.05) is 13.8 Å². The molecule has 1 unspecified atom stereocenters. The number of nitrogens with zero attached hydrogens (tertiary/aromatic N) is 3. The maximum absolute atomic E-state index is 4.56. The van der Waals surface area contributed by atoms with E-state index in [1.165, 1.54) is 11.3 Å². The highest BCUT2D eigenvalue weighted by Gasteiger charge is 2.14. The van der Waals surface area contributed by atoms with Gasteiger partial charge in [-0.3, -0.25) is 4.68 Å². The summed E-state index contributed by atoms with van der Waals surface area (Å²) in [7, 11) is 0. The lowest BCUT2D eigenvalue weighted by Gasteiger charge is -2.14. The first-order valence-electron chi connectivity index (χ1n) is 7.71. The van der Waals surface area contributed by atoms with Crippen LogP contribution in [0.2, 0.25) is 0 Å². The molecular weight excluding hydrogens is 328 g/mol. The summed E-state index contributed by atoms with van der Waals surface area (Å²) in [6.07, 6.45) is 5.50. The van der Waals surface area contributed by atoms with Gasteiger partial charge in [0.2, 0.25) is 0 Å². The summed E-state index contributed by atoms with van der Waals surface area (Å²) in [5.74, 6) is 0. The molecule has 1 N–H and O–H groups in total. The highest BCUT2D eigenvalue weighted by Crippen LogP contribution is 2.23. The number of rotatable bonds is 7. The Hall–Kier alpha value is -1.07. The van der Waals surface area contributed by atoms with E-state index in [2.05, 4.69) is 74.8 Å². The molecule has 0 fully saturated rings. The van der Waals surface area contributed by atoms with Crippen LogP contribution in [0.15, 0.2) is 22.9 Å². The number of nitrogens with one attached hydrogen (secondary N) is 1. The minimum atomic E-state index is 0.442. The van der Waals surface area contributed by atoms with E-state index in [1.54, 1.807) is 0 Å². The maximum atomic E-state index is 4.56. The zero-order valence-corrected chi connectivity index (χ0v) is 14.9. The van der Waals surface area contributed by atoms with Crippen molar-refractivity contribution in [1.82, 2.24) is 19.7 Å². The molecule has 116 valence electrons. The normalized spacial score (nSPS) is 12.8. The summed E-state index contributed by atoms with van der Waals surface area (Å²) in [5.41, 5.74) is 3.64. The summed E-state index contributed by atoms with van der Waals surface area (Å²) >= 11 is 3.66. The molecule has 4 nitrogen and oxygen atoms in total. The lowest BCUT2D eigenvalue weighted by molar-refractivity contribution is 0.535. The van der Waals surface area contributed by atoms with Crippen LogP contribution < -0.4 is 5.32 Å². The average Bonchev–Trinajstić information content (AvgIpc) is 3.05. The number of halogens is 1. The molecule has 2 heterocycles. The van der Waals surface area contributed by atoms with Crippen LogP contribution in [0.4, 0.5) is 0 Å². The summed E-state index contributed by atoms with van der Waals surface area (Å²) in [6.45, 7) is 11.3. The molecule has 5 heteroatoms. The Kier molecular flexibility index (Phi) is 5.65. The Morgan fingerprint density at radius 2 is 2.10 bits per heavy atom. The minimum Gasteiger partial charge on any atom is -0.348 e. The van der Waals surface area contributed by atoms with Crippen molar-refractivity contribution in [2.75, 3.05) is 6.54 Å². The van der Waals surface area contributed by atoms with Gasteiger partial charge >= 0.3 is 0 Å². The van der Waals surface area contributed by atoms with E-state index in [1.807, 2.05) is 6.92 Å². The Morgan fingerprint density at radius 1 is 1.33 bits per heavy atom. The molecule has 0 aliphatic heterocycles. The van der Waals surface area contributed by atoms with Crippen LogP contribution in [0.3, 0.4) is 0 Å². The van der Waals surface area contributed by atoms with Crippen LogP contribution in [0, 0.1) is 6.92 Å². The van der Waals surface area contributed by atoms with Crippen molar-refractivity contribution in [3.63, 3.8) is 0 Å². The van der Waals surface area contributed by atoms with E-state index in [4.69, 9.17) is 0 Å². The largest absolute Gasteiger partial charge is 0.348 e. The third-order valence-electron chi connectivity index (χ3n) is 3.82. The van der Waals surface area contributed by atoms with Crippen molar-refractivity contribution in [2.24, 2.45) is 0 Å². The van der Waals surface area contributed by atoms with Gasteiger partial charge in [0, 0.05) is 25.0 Å². The second kappa shape index (κ2) is 7.27. The molecule has 1 atom stereocenters. The second-order valence-electron chi connectivity index (χ2n) is 5.30. The van der Waals surface area contributed by atoms with Crippen LogP contribution in [-0.4, -0.2) is 20.9 Å². The van der Waals surface area contributed by atoms with Gasteiger partial charge in [-0.25, -0.2) is 0 Å². The topological polar surface area (TPSA) is 34.8 Å². The molecule has 0 amide bonds. The van der Waals surface area contributed by atoms with E-state index < -0.39 is 0 Å². The van der Waals surface area contributed by atoms with Crippen LogP contribution >= 0.6 is 15.9 Å². The van der Waals surface area contributed by atoms with Crippen molar-refractivity contribution in [2.45, 2.75) is 53.2 Å². The number of aryl methyl sites for hydroxylation is 2. The fraction of sp³-hybridized carbons (Fsp3) is 0.562. The molecule has 0 aliphatic carbocycles. The fourth-order valence-electron chi connectivity index (χ4n) is 2.70. The lowest BCUT2D eigenvalue weighted by Crippen LogP contribution is -2.19. The van der Waals surface area contributed by atoms with Crippen molar-refractivity contribution < 1.29 is 0 Å². The number of hydrogen-bond donors (Lipinski definition) is 1. The molecule has 2 aromatic heterocycles. The molecule has 0 spiro atoms. The Bertz CT molecular complexity index is 585. The quantitative estimate of drug-likeness (QED) is 0.820. The highest BCUT2D eigenvalue weighted by atomic mass is 79.9. The minimum absolute atomic E-state index is 0.442. The molecule has 0 aliphatic rings. The zero-order chi connectivity index (χ0) is 15.4. The van der Waals surface area contributed by atoms with Crippen molar-refractivity contribution >= 4 is 15.9 Å². The molecule has 21 heavy (non-hydrogen) atoms. The summed E-state index contributed by atoms with van der Waals surface area (Å²) < 4.78 is 5.43. The molecule has 2 rings (SSSR count). The van der Waals surface area contributed by atoms with E-state index in [0.29, 0.717) is 6.04 Å². The second-order valence-corrected chi connectivity index (χ2v) is 6.09. The Labute approximate surface area is 135 Å². The molecule has 0 saturated heterocycles. The van der Waals surface area contributed by atoms with E-state index >= 15 is 0 Å². The smallest absolute Gasteiger partial charge is 0.0739 e. The summed E-state index contributed by atoms with van der Waals surface area (Å²) in [6, 6.07) is 2.65. The Balaban J connectivity index is 2.19. The monoisotopic (exact) mass is 352 g/mol. The fourth-order valence-corrected chi connectivity index (χ4v) is 3.11. The van der Waals surface area contributed by atoms with Crippen molar-refractivity contribution in [3.8, 4) is 0 Å². The standard InChI is InChI=1S/C16H25BrN4/c1-5-14(18-6-2)13-8-9-20(10-13)11-15-16(17)12(4)19-21(15)7-3/h8-10,14,18H,5-7,11H2,1-4H3. The average molecular weight is 353 g/mol. The first-order chi connectivity index (χ1) is 10.1. The van der Waals surface area contributed by atoms with Gasteiger partial charge in [0.05, 0.1) is 22.4 Å². The van der Waals surface area contributed by atoms with Gasteiger partial charge < -0.3 is 9.88 Å². The predicted octanol–water partition coefficient (Wildman–Crippen LogP) is 3.88. The molecule has 0 bridgehead atoms. The van der Waals surface area contributed by atoms with E-state index in [-0.39, 0.29) is 0 Å². The number of aromatic nitrogens is 3. The van der Waals surface area contributed by atoms with E-state index in [9.17, 15) is 0 Å². The zero-order valence-electron chi connectivity index (χ0n) is 13.4. The summed E-state index contributed by atoms with van der Waals surface area (Å²) in [5, 5.41) is 8.08. The molecule has 2 aromatic rings. The van der Waals surface area contributed by atoms with Crippen LogP contribution in [-0.2, 0) is 13.1 Å². The molecular formula is C16H25BrN4. The first-order valence-corrected chi connectivity index (χ1v) is 8.50. The van der Waals surface area contributed by atoms with Gasteiger partial charge in [0.25, 0.3) is 0 Å². The summed E-state index contributed by atoms with van der Waals surface area (Å²) in [4.78, 5) is 0. The molecule has 0 aromatic carbocycles. The first kappa shape index (κ1) is 16.3. The highest BCUT2D eigenvalue weighted by molar-refractivity contribution is 9.10. The van der Waals surface area contributed by atoms with Gasteiger partial charge in [-0.2, -0.15) is 5.10 Å². The third kappa shape index (κ3) is 3.58. The van der Waals surface area contributed by atoms with Crippen LogP contribution in [0.5, 0.6) is 0 Å². The number of hydrogen-bond acceptors (Lipinski definition) is 2. The third-order valence-corrected chi connectivity index (χ3v) is 4.85. The Morgan fingerprint density at radius 3 is 2.71 bits per heavy atom. The predicted molar refractivity (Wildman–Crippen MR) is 90.6 cm³/mol.